The highest BCUT2D eigenvalue weighted by atomic mass is 19.4. The molecule has 26 heavy (non-hydrogen) atoms. The van der Waals surface area contributed by atoms with Crippen LogP contribution in [0.15, 0.2) is 36.4 Å². The summed E-state index contributed by atoms with van der Waals surface area (Å²) < 4.78 is 44.5. The zero-order chi connectivity index (χ0) is 18.7. The smallest absolute Gasteiger partial charge is 0.453 e. The summed E-state index contributed by atoms with van der Waals surface area (Å²) in [6.07, 6.45) is -3.81. The molecule has 1 aromatic carbocycles. The quantitative estimate of drug-likeness (QED) is 0.721. The Morgan fingerprint density at radius 1 is 1.12 bits per heavy atom. The van der Waals surface area contributed by atoms with Gasteiger partial charge in [-0.2, -0.15) is 17.7 Å². The Labute approximate surface area is 148 Å². The number of anilines is 1. The topological polar surface area (TPSA) is 64.3 Å². The highest BCUT2D eigenvalue weighted by Gasteiger charge is 2.37. The average molecular weight is 365 g/mol. The summed E-state index contributed by atoms with van der Waals surface area (Å²) in [5.74, 6) is 0.274. The van der Waals surface area contributed by atoms with E-state index < -0.39 is 12.0 Å². The molecule has 0 amide bonds. The molecular weight excluding hydrogens is 347 g/mol. The standard InChI is InChI=1S/C17H18F3N5O/c1-11(12-3-5-13(26-2)6-4-12)9-10-21-14-7-8-15-22-23-16(17(18,19)20)25(15)24-14/h3-8,11H,9-10H2,1-2H3,(H,21,24). The van der Waals surface area contributed by atoms with Gasteiger partial charge >= 0.3 is 6.18 Å². The van der Waals surface area contributed by atoms with Gasteiger partial charge in [-0.15, -0.1) is 15.3 Å². The molecule has 138 valence electrons. The third kappa shape index (κ3) is 3.87. The summed E-state index contributed by atoms with van der Waals surface area (Å²) in [6.45, 7) is 2.65. The molecule has 0 saturated carbocycles. The van der Waals surface area contributed by atoms with Crippen LogP contribution >= 0.6 is 0 Å². The van der Waals surface area contributed by atoms with Crippen molar-refractivity contribution in [3.63, 3.8) is 0 Å². The molecule has 6 nitrogen and oxygen atoms in total. The van der Waals surface area contributed by atoms with Gasteiger partial charge in [0.25, 0.3) is 5.82 Å². The zero-order valence-corrected chi connectivity index (χ0v) is 14.3. The van der Waals surface area contributed by atoms with E-state index in [-0.39, 0.29) is 11.6 Å². The molecule has 3 rings (SSSR count). The summed E-state index contributed by atoms with van der Waals surface area (Å²) in [6, 6.07) is 10.8. The van der Waals surface area contributed by atoms with Crippen molar-refractivity contribution in [3.05, 3.63) is 47.8 Å². The molecule has 0 bridgehead atoms. The summed E-state index contributed by atoms with van der Waals surface area (Å²) in [5.41, 5.74) is 1.21. The first-order valence-corrected chi connectivity index (χ1v) is 8.06. The predicted molar refractivity (Wildman–Crippen MR) is 90.3 cm³/mol. The van der Waals surface area contributed by atoms with Gasteiger partial charge < -0.3 is 10.1 Å². The molecule has 0 aliphatic rings. The summed E-state index contributed by atoms with van der Waals surface area (Å²) in [5, 5.41) is 13.6. The zero-order valence-electron chi connectivity index (χ0n) is 14.3. The van der Waals surface area contributed by atoms with Crippen LogP contribution in [-0.2, 0) is 6.18 Å². The van der Waals surface area contributed by atoms with E-state index in [1.165, 1.54) is 6.07 Å². The minimum absolute atomic E-state index is 0.0504. The Balaban J connectivity index is 1.64. The fourth-order valence-electron chi connectivity index (χ4n) is 2.58. The Hall–Kier alpha value is -2.84. The maximum absolute atomic E-state index is 12.9. The van der Waals surface area contributed by atoms with Crippen LogP contribution in [0.3, 0.4) is 0 Å². The van der Waals surface area contributed by atoms with E-state index in [4.69, 9.17) is 4.74 Å². The number of hydrogen-bond acceptors (Lipinski definition) is 5. The van der Waals surface area contributed by atoms with E-state index >= 15 is 0 Å². The van der Waals surface area contributed by atoms with Crippen molar-refractivity contribution in [1.29, 1.82) is 0 Å². The van der Waals surface area contributed by atoms with Gasteiger partial charge in [0.1, 0.15) is 11.6 Å². The Kier molecular flexibility index (Phi) is 4.97. The number of methoxy groups -OCH3 is 1. The van der Waals surface area contributed by atoms with Gasteiger partial charge in [-0.1, -0.05) is 19.1 Å². The Morgan fingerprint density at radius 3 is 2.50 bits per heavy atom. The first-order valence-electron chi connectivity index (χ1n) is 8.06. The maximum atomic E-state index is 12.9. The molecule has 0 aliphatic heterocycles. The van der Waals surface area contributed by atoms with Crippen molar-refractivity contribution in [1.82, 2.24) is 19.8 Å². The van der Waals surface area contributed by atoms with Gasteiger partial charge in [0, 0.05) is 6.54 Å². The number of nitrogens with zero attached hydrogens (tertiary/aromatic N) is 4. The van der Waals surface area contributed by atoms with Crippen molar-refractivity contribution >= 4 is 11.5 Å². The van der Waals surface area contributed by atoms with Crippen LogP contribution in [0.5, 0.6) is 5.75 Å². The largest absolute Gasteiger partial charge is 0.497 e. The number of hydrogen-bond donors (Lipinski definition) is 1. The van der Waals surface area contributed by atoms with Crippen LogP contribution < -0.4 is 10.1 Å². The van der Waals surface area contributed by atoms with Crippen LogP contribution in [0.25, 0.3) is 5.65 Å². The summed E-state index contributed by atoms with van der Waals surface area (Å²) in [4.78, 5) is 0. The number of nitrogens with one attached hydrogen (secondary N) is 1. The second-order valence-corrected chi connectivity index (χ2v) is 5.90. The highest BCUT2D eigenvalue weighted by Crippen LogP contribution is 2.27. The SMILES string of the molecule is COc1ccc(C(C)CCNc2ccc3nnc(C(F)(F)F)n3n2)cc1. The minimum Gasteiger partial charge on any atom is -0.497 e. The van der Waals surface area contributed by atoms with Crippen molar-refractivity contribution in [2.45, 2.75) is 25.4 Å². The average Bonchev–Trinajstić information content (AvgIpc) is 3.05. The number of benzene rings is 1. The molecular formula is C17H18F3N5O. The number of rotatable bonds is 6. The summed E-state index contributed by atoms with van der Waals surface area (Å²) in [7, 11) is 1.62. The second kappa shape index (κ2) is 7.19. The van der Waals surface area contributed by atoms with Crippen molar-refractivity contribution in [2.24, 2.45) is 0 Å². The first kappa shape index (κ1) is 18.0. The van der Waals surface area contributed by atoms with E-state index in [1.807, 2.05) is 24.3 Å². The number of fused-ring (bicyclic) bond motifs is 1. The lowest BCUT2D eigenvalue weighted by atomic mass is 9.98. The molecule has 0 fully saturated rings. The van der Waals surface area contributed by atoms with Crippen LogP contribution in [0.2, 0.25) is 0 Å². The number of alkyl halides is 3. The monoisotopic (exact) mass is 365 g/mol. The second-order valence-electron chi connectivity index (χ2n) is 5.90. The van der Waals surface area contributed by atoms with Crippen LogP contribution in [0.4, 0.5) is 19.0 Å². The van der Waals surface area contributed by atoms with Gasteiger partial charge in [-0.3, -0.25) is 0 Å². The van der Waals surface area contributed by atoms with E-state index in [0.717, 1.165) is 17.7 Å². The minimum atomic E-state index is -4.60. The first-order chi connectivity index (χ1) is 12.4. The van der Waals surface area contributed by atoms with E-state index in [1.54, 1.807) is 13.2 Å². The van der Waals surface area contributed by atoms with Crippen molar-refractivity contribution in [3.8, 4) is 5.75 Å². The Morgan fingerprint density at radius 2 is 1.85 bits per heavy atom. The van der Waals surface area contributed by atoms with Crippen LogP contribution in [0.1, 0.15) is 30.7 Å². The number of halogens is 3. The third-order valence-corrected chi connectivity index (χ3v) is 4.08. The van der Waals surface area contributed by atoms with Crippen molar-refractivity contribution < 1.29 is 17.9 Å². The van der Waals surface area contributed by atoms with Crippen LogP contribution in [0, 0.1) is 0 Å². The third-order valence-electron chi connectivity index (χ3n) is 4.08. The van der Waals surface area contributed by atoms with Crippen molar-refractivity contribution in [2.75, 3.05) is 19.0 Å². The van der Waals surface area contributed by atoms with Gasteiger partial charge in [-0.05, 0) is 42.2 Å². The lowest BCUT2D eigenvalue weighted by Crippen LogP contribution is -2.14. The van der Waals surface area contributed by atoms with Crippen LogP contribution in [-0.4, -0.2) is 33.5 Å². The van der Waals surface area contributed by atoms with E-state index in [9.17, 15) is 13.2 Å². The predicted octanol–water partition coefficient (Wildman–Crippen LogP) is 3.76. The normalized spacial score (nSPS) is 13.0. The number of ether oxygens (including phenoxy) is 1. The lowest BCUT2D eigenvalue weighted by molar-refractivity contribution is -0.146. The summed E-state index contributed by atoms with van der Waals surface area (Å²) >= 11 is 0. The molecule has 0 saturated heterocycles. The molecule has 1 unspecified atom stereocenters. The molecule has 1 atom stereocenters. The molecule has 0 spiro atoms. The molecule has 3 aromatic rings. The lowest BCUT2D eigenvalue weighted by Gasteiger charge is -2.13. The fourth-order valence-corrected chi connectivity index (χ4v) is 2.58. The molecule has 0 radical (unpaired) electrons. The molecule has 2 aromatic heterocycles. The van der Waals surface area contributed by atoms with Gasteiger partial charge in [0.15, 0.2) is 5.65 Å². The van der Waals surface area contributed by atoms with Gasteiger partial charge in [-0.25, -0.2) is 0 Å². The van der Waals surface area contributed by atoms with E-state index in [2.05, 4.69) is 27.5 Å². The van der Waals surface area contributed by atoms with Gasteiger partial charge in [0.05, 0.1) is 7.11 Å². The maximum Gasteiger partial charge on any atom is 0.453 e. The highest BCUT2D eigenvalue weighted by molar-refractivity contribution is 5.44. The molecule has 2 heterocycles. The molecule has 9 heteroatoms. The van der Waals surface area contributed by atoms with Gasteiger partial charge in [0.2, 0.25) is 0 Å². The number of aromatic nitrogens is 4. The fraction of sp³-hybridized carbons (Fsp3) is 0.353. The van der Waals surface area contributed by atoms with E-state index in [0.29, 0.717) is 16.9 Å². The molecule has 0 aliphatic carbocycles. The molecule has 1 N–H and O–H groups in total. The Bertz CT molecular complexity index is 876.